The fourth-order valence-corrected chi connectivity index (χ4v) is 15.2. The Bertz CT molecular complexity index is 6350. The number of ketones is 4. The van der Waals surface area contributed by atoms with E-state index in [9.17, 15) is 19.2 Å². The van der Waals surface area contributed by atoms with Crippen LogP contribution in [0.2, 0.25) is 15.1 Å². The number of Topliss-reactive ketones (excluding diaryl/α,β-unsaturated/α-hetero) is 4. The Kier molecular flexibility index (Phi) is 31.1. The van der Waals surface area contributed by atoms with E-state index in [2.05, 4.69) is 65.7 Å². The molecule has 127 heavy (non-hydrogen) atoms. The number of benzene rings is 8. The summed E-state index contributed by atoms with van der Waals surface area (Å²) in [4.78, 5) is 48.5. The minimum absolute atomic E-state index is 0.0114. The third-order valence-corrected chi connectivity index (χ3v) is 24.3. The quantitative estimate of drug-likeness (QED) is 0.0364. The van der Waals surface area contributed by atoms with E-state index in [4.69, 9.17) is 88.4 Å². The van der Waals surface area contributed by atoms with Crippen molar-refractivity contribution in [3.8, 4) is 61.6 Å². The van der Waals surface area contributed by atoms with Crippen molar-refractivity contribution in [2.24, 2.45) is 7.05 Å². The molecule has 15 rings (SSSR count). The molecule has 0 saturated heterocycles. The SMILES string of the molecule is CC(=O)C(C)(C)OCc1cc(-c2cc3ccccc3s2)n(Cc2ccccc2Cl)n1.CC(=O)C(C)(C)OCc1cc(-c2cccc3c2cnn3C)n(Cc2ccccc2Cl)n1.CCOc1ccccc1Cn1nc(COC(C)(C)C(C)=O)cc1-c1cc(Cl)cc(OC)c1.CCOc1ccccc1Cn1nc(COC(C)(C)C(C)=O)cc1-c1ccc2cnn(CC)c2c1. The van der Waals surface area contributed by atoms with E-state index in [0.29, 0.717) is 65.9 Å². The van der Waals surface area contributed by atoms with Crippen molar-refractivity contribution >= 4 is 101 Å². The predicted molar refractivity (Wildman–Crippen MR) is 504 cm³/mol. The van der Waals surface area contributed by atoms with Crippen LogP contribution in [0.25, 0.3) is 76.2 Å². The first-order chi connectivity index (χ1) is 60.6. The standard InChI is InChI=1S/C27H32N4O3.C25H29ClN2O4.C24H25ClN4O2.C24H23ClN2O2S/c1-6-30-24-14-20(12-13-21(24)16-28-30)25-15-23(18-34-27(4,5)19(3)32)29-31(25)17-22-10-8-9-11-26(22)33-7-2;1-6-31-24-10-8-7-9-18(24)15-28-23(19-11-20(26)13-22(12-19)30-5)14-21(27-28)16-32-25(3,4)17(2)29;1-16(30)24(2,3)31-15-18-12-23(19-9-7-11-22-20(19)13-26-28(22)4)29(27-18)14-17-8-5-6-10-21(17)25;1-16(28)24(2,3)29-15-19-13-21(23-12-17-8-5-7-11-22(17)30-23)27(26-19)14-18-9-4-6-10-20(18)25/h8-16H,6-7,17-18H2,1-5H3;7-14H,6,15-16H2,1-5H3;5-13H,14-15H2,1-4H3;4-13H,14-15H2,1-3H3. The minimum atomic E-state index is -0.884. The number of aryl methyl sites for hydroxylation is 2. The molecule has 0 spiro atoms. The normalized spacial score (nSPS) is 11.7. The van der Waals surface area contributed by atoms with Crippen LogP contribution in [0.15, 0.2) is 219 Å². The second-order valence-corrected chi connectivity index (χ2v) is 35.0. The Morgan fingerprint density at radius 3 is 1.31 bits per heavy atom. The molecule has 0 amide bonds. The first-order valence-corrected chi connectivity index (χ1v) is 44.1. The smallest absolute Gasteiger partial charge is 0.161 e. The van der Waals surface area contributed by atoms with Gasteiger partial charge in [0.25, 0.3) is 0 Å². The van der Waals surface area contributed by atoms with Gasteiger partial charge in [0, 0.05) is 71.9 Å². The summed E-state index contributed by atoms with van der Waals surface area (Å²) in [5.74, 6) is 2.23. The van der Waals surface area contributed by atoms with E-state index >= 15 is 0 Å². The number of fused-ring (bicyclic) bond motifs is 3. The number of nitrogens with zero attached hydrogens (tertiary/aromatic N) is 12. The minimum Gasteiger partial charge on any atom is -0.497 e. The maximum Gasteiger partial charge on any atom is 0.161 e. The highest BCUT2D eigenvalue weighted by molar-refractivity contribution is 7.22. The van der Waals surface area contributed by atoms with Gasteiger partial charge in [0.1, 0.15) is 39.7 Å². The molecule has 0 bridgehead atoms. The highest BCUT2D eigenvalue weighted by Crippen LogP contribution is 2.38. The summed E-state index contributed by atoms with van der Waals surface area (Å²) in [5.41, 5.74) is 12.4. The van der Waals surface area contributed by atoms with Crippen molar-refractivity contribution in [3.63, 3.8) is 0 Å². The molecule has 0 N–H and O–H groups in total. The van der Waals surface area contributed by atoms with E-state index < -0.39 is 22.4 Å². The Morgan fingerprint density at radius 2 is 0.835 bits per heavy atom. The van der Waals surface area contributed by atoms with Gasteiger partial charge < -0.3 is 33.2 Å². The predicted octanol–water partition coefficient (Wildman–Crippen LogP) is 22.2. The van der Waals surface area contributed by atoms with Gasteiger partial charge in [-0.15, -0.1) is 11.3 Å². The first kappa shape index (κ1) is 94.4. The summed E-state index contributed by atoms with van der Waals surface area (Å²) in [6.07, 6.45) is 3.76. The van der Waals surface area contributed by atoms with Gasteiger partial charge in [0.15, 0.2) is 23.1 Å². The number of para-hydroxylation sites is 2. The number of carbonyl (C=O) groups excluding carboxylic acids is 4. The van der Waals surface area contributed by atoms with Crippen LogP contribution in [-0.4, -0.2) is 125 Å². The van der Waals surface area contributed by atoms with Crippen LogP contribution in [0, 0.1) is 0 Å². The zero-order valence-corrected chi connectivity index (χ0v) is 78.0. The van der Waals surface area contributed by atoms with Crippen LogP contribution in [0.3, 0.4) is 0 Å². The molecule has 23 nitrogen and oxygen atoms in total. The lowest BCUT2D eigenvalue weighted by Gasteiger charge is -2.21. The van der Waals surface area contributed by atoms with E-state index in [1.54, 1.807) is 93.8 Å². The van der Waals surface area contributed by atoms with Crippen LogP contribution in [0.4, 0.5) is 0 Å². The van der Waals surface area contributed by atoms with Crippen LogP contribution in [0.5, 0.6) is 17.2 Å². The summed E-state index contributed by atoms with van der Waals surface area (Å²) in [6.45, 7) is 31.4. The number of hydrogen-bond donors (Lipinski definition) is 0. The third-order valence-electron chi connectivity index (χ3n) is 22.2. The Morgan fingerprint density at radius 1 is 0.402 bits per heavy atom. The molecule has 15 aromatic rings. The summed E-state index contributed by atoms with van der Waals surface area (Å²) in [6, 6.07) is 68.0. The number of thiophene rings is 1. The highest BCUT2D eigenvalue weighted by atomic mass is 35.5. The Balaban J connectivity index is 0.000000154. The molecule has 662 valence electrons. The van der Waals surface area contributed by atoms with Gasteiger partial charge in [-0.25, -0.2) is 0 Å². The molecule has 8 aromatic carbocycles. The highest BCUT2D eigenvalue weighted by Gasteiger charge is 2.30. The van der Waals surface area contributed by atoms with Gasteiger partial charge in [0.2, 0.25) is 0 Å². The summed E-state index contributed by atoms with van der Waals surface area (Å²) in [7, 11) is 3.53. The number of aromatic nitrogens is 12. The fourth-order valence-electron chi connectivity index (χ4n) is 13.5. The molecule has 7 aromatic heterocycles. The molecule has 0 radical (unpaired) electrons. The molecule has 0 fully saturated rings. The summed E-state index contributed by atoms with van der Waals surface area (Å²) >= 11 is 20.9. The average Bonchev–Trinajstić information content (AvgIpc) is 1.17. The van der Waals surface area contributed by atoms with Crippen LogP contribution >= 0.6 is 46.1 Å². The summed E-state index contributed by atoms with van der Waals surface area (Å²) in [5, 5.41) is 33.4. The lowest BCUT2D eigenvalue weighted by molar-refractivity contribution is -0.140. The largest absolute Gasteiger partial charge is 0.497 e. The zero-order valence-electron chi connectivity index (χ0n) is 75.0. The van der Waals surface area contributed by atoms with Crippen LogP contribution in [-0.2, 0) is 104 Å². The van der Waals surface area contributed by atoms with Gasteiger partial charge >= 0.3 is 0 Å². The molecule has 0 saturated carbocycles. The Labute approximate surface area is 760 Å². The zero-order chi connectivity index (χ0) is 91.1. The van der Waals surface area contributed by atoms with Crippen LogP contribution < -0.4 is 14.2 Å². The molecule has 27 heteroatoms. The van der Waals surface area contributed by atoms with Crippen LogP contribution in [0.1, 0.15) is 149 Å². The van der Waals surface area contributed by atoms with Gasteiger partial charge in [-0.2, -0.15) is 30.6 Å². The summed E-state index contributed by atoms with van der Waals surface area (Å²) < 4.78 is 53.4. The monoisotopic (exact) mass is 1790 g/mol. The first-order valence-electron chi connectivity index (χ1n) is 42.1. The maximum atomic E-state index is 11.9. The van der Waals surface area contributed by atoms with Crippen molar-refractivity contribution in [1.82, 2.24) is 58.7 Å². The molecular formula is C100H109Cl3N12O11S. The maximum absolute atomic E-state index is 11.9. The van der Waals surface area contributed by atoms with Crippen molar-refractivity contribution in [1.29, 1.82) is 0 Å². The van der Waals surface area contributed by atoms with E-state index in [0.717, 1.165) is 124 Å². The topological polar surface area (TPSA) is 240 Å². The van der Waals surface area contributed by atoms with Gasteiger partial charge in [-0.1, -0.05) is 150 Å². The molecule has 0 aliphatic carbocycles. The van der Waals surface area contributed by atoms with Crippen molar-refractivity contribution < 1.29 is 52.3 Å². The van der Waals surface area contributed by atoms with E-state index in [1.807, 2.05) is 213 Å². The van der Waals surface area contributed by atoms with Crippen molar-refractivity contribution in [2.75, 3.05) is 20.3 Å². The molecular weight excluding hydrogens is 1680 g/mol. The molecule has 0 aliphatic heterocycles. The molecule has 0 unspecified atom stereocenters. The number of hydrogen-bond acceptors (Lipinski definition) is 18. The lowest BCUT2D eigenvalue weighted by Crippen LogP contribution is -2.32. The van der Waals surface area contributed by atoms with E-state index in [-0.39, 0.29) is 49.6 Å². The second kappa shape index (κ2) is 41.8. The van der Waals surface area contributed by atoms with Crippen molar-refractivity contribution in [2.45, 2.75) is 185 Å². The lowest BCUT2D eigenvalue weighted by atomic mass is 10.1. The van der Waals surface area contributed by atoms with E-state index in [1.165, 1.54) is 23.9 Å². The van der Waals surface area contributed by atoms with Gasteiger partial charge in [-0.05, 0) is 211 Å². The fraction of sp³-hybridized carbons (Fsp3) is 0.320. The number of ether oxygens (including phenoxy) is 7. The average molecular weight is 1790 g/mol. The molecule has 0 atom stereocenters. The molecule has 0 aliphatic rings. The third kappa shape index (κ3) is 23.8. The number of carbonyl (C=O) groups is 4. The number of halogens is 3. The van der Waals surface area contributed by atoms with Crippen molar-refractivity contribution in [3.05, 3.63) is 279 Å². The number of rotatable bonds is 34. The van der Waals surface area contributed by atoms with Gasteiger partial charge in [0.05, 0.1) is 147 Å². The second-order valence-electron chi connectivity index (χ2n) is 32.7. The molecule has 7 heterocycles. The number of methoxy groups -OCH3 is 1. The Hall–Kier alpha value is -11.7. The van der Waals surface area contributed by atoms with Gasteiger partial charge in [-0.3, -0.25) is 47.3 Å².